The number of anilines is 1. The molecule has 6 nitrogen and oxygen atoms in total. The van der Waals surface area contributed by atoms with Crippen molar-refractivity contribution in [1.29, 1.82) is 0 Å². The maximum atomic E-state index is 13.7. The highest BCUT2D eigenvalue weighted by Gasteiger charge is 2.47. The monoisotopic (exact) mass is 396 g/mol. The summed E-state index contributed by atoms with van der Waals surface area (Å²) < 4.78 is 47.1. The number of hydrogen-bond acceptors (Lipinski definition) is 4. The minimum Gasteiger partial charge on any atom is -0.497 e. The first kappa shape index (κ1) is 20.0. The van der Waals surface area contributed by atoms with Gasteiger partial charge in [0.25, 0.3) is 5.91 Å². The number of fused-ring (bicyclic) bond motifs is 1. The second-order valence-corrected chi connectivity index (χ2v) is 6.73. The van der Waals surface area contributed by atoms with Gasteiger partial charge in [0.1, 0.15) is 17.1 Å². The van der Waals surface area contributed by atoms with Crippen molar-refractivity contribution in [1.82, 2.24) is 15.1 Å². The number of ether oxygens (including phenoxy) is 1. The molecule has 0 spiro atoms. The number of rotatable bonds is 6. The number of benzene rings is 1. The molecule has 0 saturated carbocycles. The Kier molecular flexibility index (Phi) is 5.81. The Balaban J connectivity index is 1.95. The SMILES string of the molecule is CCCCNC(=O)c1cnn2c1NC(c1cccc(OC)c1)CC2C(F)(F)F. The van der Waals surface area contributed by atoms with E-state index in [2.05, 4.69) is 15.7 Å². The van der Waals surface area contributed by atoms with Crippen LogP contribution in [-0.4, -0.2) is 35.5 Å². The van der Waals surface area contributed by atoms with Crippen LogP contribution in [-0.2, 0) is 0 Å². The van der Waals surface area contributed by atoms with Crippen LogP contribution in [0.3, 0.4) is 0 Å². The van der Waals surface area contributed by atoms with Crippen molar-refractivity contribution in [3.05, 3.63) is 41.6 Å². The van der Waals surface area contributed by atoms with Gasteiger partial charge in [0.05, 0.1) is 19.3 Å². The number of amides is 1. The molecule has 1 aromatic heterocycles. The van der Waals surface area contributed by atoms with E-state index in [1.807, 2.05) is 6.92 Å². The van der Waals surface area contributed by atoms with Crippen molar-refractivity contribution >= 4 is 11.7 Å². The minimum absolute atomic E-state index is 0.0791. The van der Waals surface area contributed by atoms with Crippen molar-refractivity contribution in [3.8, 4) is 5.75 Å². The molecule has 0 radical (unpaired) electrons. The summed E-state index contributed by atoms with van der Waals surface area (Å²) in [5, 5.41) is 9.66. The molecule has 2 atom stereocenters. The maximum absolute atomic E-state index is 13.7. The van der Waals surface area contributed by atoms with Crippen molar-refractivity contribution < 1.29 is 22.7 Å². The number of unbranched alkanes of at least 4 members (excludes halogenated alkanes) is 1. The molecule has 0 fully saturated rings. The average molecular weight is 396 g/mol. The van der Waals surface area contributed by atoms with E-state index in [1.165, 1.54) is 13.3 Å². The summed E-state index contributed by atoms with van der Waals surface area (Å²) in [5.74, 6) is 0.198. The van der Waals surface area contributed by atoms with Crippen LogP contribution in [0, 0.1) is 0 Å². The highest BCUT2D eigenvalue weighted by Crippen LogP contribution is 2.44. The predicted molar refractivity (Wildman–Crippen MR) is 98.5 cm³/mol. The first-order valence-corrected chi connectivity index (χ1v) is 9.18. The third-order valence-electron chi connectivity index (χ3n) is 4.80. The number of carbonyl (C=O) groups excluding carboxylic acids is 1. The number of halogens is 3. The normalized spacial score (nSPS) is 18.9. The molecule has 28 heavy (non-hydrogen) atoms. The van der Waals surface area contributed by atoms with Gasteiger partial charge in [-0.2, -0.15) is 18.3 Å². The Morgan fingerprint density at radius 3 is 2.89 bits per heavy atom. The number of methoxy groups -OCH3 is 1. The average Bonchev–Trinajstić information content (AvgIpc) is 3.10. The lowest BCUT2D eigenvalue weighted by Gasteiger charge is -2.34. The number of aromatic nitrogens is 2. The molecule has 2 aromatic rings. The van der Waals surface area contributed by atoms with Crippen molar-refractivity contribution in [2.75, 3.05) is 19.0 Å². The van der Waals surface area contributed by atoms with E-state index in [0.717, 1.165) is 17.5 Å². The predicted octanol–water partition coefficient (Wildman–Crippen LogP) is 4.08. The third kappa shape index (κ3) is 4.07. The molecule has 1 aliphatic rings. The Morgan fingerprint density at radius 2 is 2.21 bits per heavy atom. The molecule has 0 aliphatic carbocycles. The number of nitrogens with one attached hydrogen (secondary N) is 2. The van der Waals surface area contributed by atoms with Gasteiger partial charge < -0.3 is 15.4 Å². The lowest BCUT2D eigenvalue weighted by molar-refractivity contribution is -0.173. The van der Waals surface area contributed by atoms with E-state index >= 15 is 0 Å². The van der Waals surface area contributed by atoms with E-state index in [0.29, 0.717) is 17.9 Å². The summed E-state index contributed by atoms with van der Waals surface area (Å²) in [5.41, 5.74) is 0.761. The maximum Gasteiger partial charge on any atom is 0.410 e. The number of nitrogens with zero attached hydrogens (tertiary/aromatic N) is 2. The van der Waals surface area contributed by atoms with Crippen LogP contribution in [0.2, 0.25) is 0 Å². The topological polar surface area (TPSA) is 68.2 Å². The van der Waals surface area contributed by atoms with Gasteiger partial charge in [-0.15, -0.1) is 0 Å². The fraction of sp³-hybridized carbons (Fsp3) is 0.474. The second-order valence-electron chi connectivity index (χ2n) is 6.73. The Bertz CT molecular complexity index is 835. The van der Waals surface area contributed by atoms with E-state index in [4.69, 9.17) is 4.74 Å². The van der Waals surface area contributed by atoms with Crippen LogP contribution >= 0.6 is 0 Å². The molecule has 2 unspecified atom stereocenters. The van der Waals surface area contributed by atoms with Crippen LogP contribution in [0.25, 0.3) is 0 Å². The molecular formula is C19H23F3N4O2. The second kappa shape index (κ2) is 8.12. The van der Waals surface area contributed by atoms with Gasteiger partial charge in [0, 0.05) is 13.0 Å². The Hall–Kier alpha value is -2.71. The first-order valence-electron chi connectivity index (χ1n) is 9.18. The minimum atomic E-state index is -4.49. The zero-order chi connectivity index (χ0) is 20.3. The molecule has 0 saturated heterocycles. The Morgan fingerprint density at radius 1 is 1.43 bits per heavy atom. The highest BCUT2D eigenvalue weighted by atomic mass is 19.4. The summed E-state index contributed by atoms with van der Waals surface area (Å²) in [6.07, 6.45) is -1.84. The molecular weight excluding hydrogens is 373 g/mol. The summed E-state index contributed by atoms with van der Waals surface area (Å²) in [6, 6.07) is 4.43. The van der Waals surface area contributed by atoms with Crippen molar-refractivity contribution in [2.45, 2.75) is 44.4 Å². The Labute approximate surface area is 161 Å². The van der Waals surface area contributed by atoms with Gasteiger partial charge in [0.15, 0.2) is 6.04 Å². The molecule has 2 N–H and O–H groups in total. The largest absolute Gasteiger partial charge is 0.497 e. The quantitative estimate of drug-likeness (QED) is 0.722. The molecule has 1 aromatic carbocycles. The molecule has 152 valence electrons. The molecule has 3 rings (SSSR count). The molecule has 1 aliphatic heterocycles. The molecule has 1 amide bonds. The van der Waals surface area contributed by atoms with Crippen molar-refractivity contribution in [2.24, 2.45) is 0 Å². The summed E-state index contributed by atoms with van der Waals surface area (Å²) in [6.45, 7) is 2.45. The van der Waals surface area contributed by atoms with Gasteiger partial charge in [-0.3, -0.25) is 4.79 Å². The van der Waals surface area contributed by atoms with Gasteiger partial charge >= 0.3 is 6.18 Å². The summed E-state index contributed by atoms with van der Waals surface area (Å²) >= 11 is 0. The molecule has 0 bridgehead atoms. The van der Waals surface area contributed by atoms with E-state index in [-0.39, 0.29) is 17.8 Å². The summed E-state index contributed by atoms with van der Waals surface area (Å²) in [7, 11) is 1.50. The smallest absolute Gasteiger partial charge is 0.410 e. The van der Waals surface area contributed by atoms with E-state index in [1.54, 1.807) is 24.3 Å². The van der Waals surface area contributed by atoms with Gasteiger partial charge in [0.2, 0.25) is 0 Å². The van der Waals surface area contributed by atoms with Gasteiger partial charge in [-0.05, 0) is 24.1 Å². The van der Waals surface area contributed by atoms with E-state index in [9.17, 15) is 18.0 Å². The van der Waals surface area contributed by atoms with Crippen LogP contribution in [0.1, 0.15) is 54.2 Å². The van der Waals surface area contributed by atoms with Crippen molar-refractivity contribution in [3.63, 3.8) is 0 Å². The van der Waals surface area contributed by atoms with Gasteiger partial charge in [-0.25, -0.2) is 4.68 Å². The number of alkyl halides is 3. The standard InChI is InChI=1S/C19H23F3N4O2/c1-3-4-8-23-18(27)14-11-24-26-16(19(20,21)22)10-15(25-17(14)26)12-6-5-7-13(9-12)28-2/h5-7,9,11,15-16,25H,3-4,8,10H2,1-2H3,(H,23,27). The number of carbonyl (C=O) groups is 1. The van der Waals surface area contributed by atoms with Crippen LogP contribution < -0.4 is 15.4 Å². The zero-order valence-electron chi connectivity index (χ0n) is 15.7. The van der Waals surface area contributed by atoms with Crippen LogP contribution in [0.5, 0.6) is 5.75 Å². The fourth-order valence-electron chi connectivity index (χ4n) is 3.28. The third-order valence-corrected chi connectivity index (χ3v) is 4.80. The lowest BCUT2D eigenvalue weighted by Crippen LogP contribution is -2.36. The van der Waals surface area contributed by atoms with Crippen LogP contribution in [0.4, 0.5) is 19.0 Å². The van der Waals surface area contributed by atoms with E-state index < -0.39 is 24.2 Å². The summed E-state index contributed by atoms with van der Waals surface area (Å²) in [4.78, 5) is 12.4. The first-order chi connectivity index (χ1) is 13.3. The lowest BCUT2D eigenvalue weighted by atomic mass is 9.96. The highest BCUT2D eigenvalue weighted by molar-refractivity contribution is 5.98. The number of hydrogen-bond donors (Lipinski definition) is 2. The van der Waals surface area contributed by atoms with Gasteiger partial charge in [-0.1, -0.05) is 25.5 Å². The zero-order valence-corrected chi connectivity index (χ0v) is 15.7. The molecule has 2 heterocycles. The van der Waals surface area contributed by atoms with Crippen LogP contribution in [0.15, 0.2) is 30.5 Å². The fourth-order valence-corrected chi connectivity index (χ4v) is 3.28. The molecule has 9 heteroatoms.